The number of carbonyl (C=O) groups excluding carboxylic acids is 1. The van der Waals surface area contributed by atoms with Crippen LogP contribution < -0.4 is 16.4 Å². The molecule has 5 rings (SSSR count). The van der Waals surface area contributed by atoms with E-state index < -0.39 is 11.9 Å². The molecule has 0 radical (unpaired) electrons. The highest BCUT2D eigenvalue weighted by Gasteiger charge is 2.55. The lowest BCUT2D eigenvalue weighted by molar-refractivity contribution is -0.123. The Morgan fingerprint density at radius 3 is 3.03 bits per heavy atom. The fraction of sp³-hybridized carbons (Fsp3) is 0.450. The topological polar surface area (TPSA) is 113 Å². The smallest absolute Gasteiger partial charge is 0.229 e. The van der Waals surface area contributed by atoms with Crippen molar-refractivity contribution in [3.8, 4) is 0 Å². The average Bonchev–Trinajstić information content (AvgIpc) is 3.26. The van der Waals surface area contributed by atoms with Gasteiger partial charge in [-0.3, -0.25) is 4.79 Å². The number of fused-ring (bicyclic) bond motifs is 5. The number of benzene rings is 1. The van der Waals surface area contributed by atoms with Crippen molar-refractivity contribution >= 4 is 35.1 Å². The van der Waals surface area contributed by atoms with Gasteiger partial charge in [0.1, 0.15) is 0 Å². The maximum atomic E-state index is 14.5. The van der Waals surface area contributed by atoms with Crippen LogP contribution >= 0.6 is 11.8 Å². The molecule has 0 saturated heterocycles. The van der Waals surface area contributed by atoms with E-state index in [1.165, 1.54) is 0 Å². The summed E-state index contributed by atoms with van der Waals surface area (Å²) in [6, 6.07) is 7.14. The lowest BCUT2D eigenvalue weighted by atomic mass is 9.83. The van der Waals surface area contributed by atoms with Crippen molar-refractivity contribution in [1.82, 2.24) is 9.97 Å². The molecule has 1 aliphatic heterocycles. The van der Waals surface area contributed by atoms with Crippen LogP contribution in [0, 0.1) is 23.6 Å². The lowest BCUT2D eigenvalue weighted by Gasteiger charge is -2.35. The summed E-state index contributed by atoms with van der Waals surface area (Å²) >= 11 is 1.71. The first-order valence-electron chi connectivity index (χ1n) is 9.74. The second kappa shape index (κ2) is 7.14. The SMILES string of the molecule is NC(=O)[C@H]1[C@H]2C[C@H]3[C@H]1Nc1nc(ncc1F)Nc1cccc(c1)[C@@H](O)CS[C@@H]3C2. The molecule has 0 unspecified atom stereocenters. The summed E-state index contributed by atoms with van der Waals surface area (Å²) in [5, 5.41) is 17.2. The number of aliphatic hydroxyl groups is 1. The summed E-state index contributed by atoms with van der Waals surface area (Å²) in [6.45, 7) is 0. The van der Waals surface area contributed by atoms with Crippen LogP contribution in [-0.4, -0.2) is 38.0 Å². The maximum Gasteiger partial charge on any atom is 0.229 e. The molecule has 7 nitrogen and oxygen atoms in total. The van der Waals surface area contributed by atoms with Gasteiger partial charge in [0.2, 0.25) is 11.9 Å². The number of aromatic nitrogens is 2. The van der Waals surface area contributed by atoms with Crippen molar-refractivity contribution in [3.63, 3.8) is 0 Å². The standard InChI is InChI=1S/C20H22FN5O2S/c21-13-7-23-20-24-11-3-1-2-9(4-11)14(27)8-29-15-6-10-5-12(15)17(16(10)18(22)28)25-19(13)26-20/h1-4,7,10,12,14-17,27H,5-6,8H2,(H2,22,28)(H2,23,24,25,26)/t10-,12+,14-,15+,16-,17+/m0/s1. The molecule has 2 saturated carbocycles. The van der Waals surface area contributed by atoms with E-state index in [1.807, 2.05) is 24.3 Å². The third kappa shape index (κ3) is 3.32. The zero-order valence-electron chi connectivity index (χ0n) is 15.6. The van der Waals surface area contributed by atoms with Crippen LogP contribution in [0.3, 0.4) is 0 Å². The average molecular weight is 415 g/mol. The number of rotatable bonds is 1. The zero-order chi connectivity index (χ0) is 20.1. The molecule has 3 aliphatic rings. The summed E-state index contributed by atoms with van der Waals surface area (Å²) in [4.78, 5) is 20.4. The van der Waals surface area contributed by atoms with Gasteiger partial charge in [-0.25, -0.2) is 9.37 Å². The summed E-state index contributed by atoms with van der Waals surface area (Å²) in [5.41, 5.74) is 7.20. The Hall–Kier alpha value is -2.39. The molecule has 0 spiro atoms. The van der Waals surface area contributed by atoms with E-state index in [1.54, 1.807) is 11.8 Å². The van der Waals surface area contributed by atoms with E-state index in [0.29, 0.717) is 11.4 Å². The number of aliphatic hydroxyl groups excluding tert-OH is 1. The van der Waals surface area contributed by atoms with Gasteiger partial charge in [0.15, 0.2) is 11.6 Å². The Morgan fingerprint density at radius 2 is 2.21 bits per heavy atom. The Kier molecular flexibility index (Phi) is 4.59. The van der Waals surface area contributed by atoms with E-state index in [-0.39, 0.29) is 46.7 Å². The largest absolute Gasteiger partial charge is 0.388 e. The molecule has 1 amide bonds. The fourth-order valence-electron chi connectivity index (χ4n) is 5.05. The van der Waals surface area contributed by atoms with E-state index in [9.17, 15) is 14.3 Å². The quantitative estimate of drug-likeness (QED) is 0.566. The molecule has 2 aliphatic carbocycles. The number of carbonyl (C=O) groups is 1. The number of hydrogen-bond donors (Lipinski definition) is 4. The first-order valence-corrected chi connectivity index (χ1v) is 10.8. The Labute approximate surface area is 171 Å². The third-order valence-corrected chi connectivity index (χ3v) is 7.79. The van der Waals surface area contributed by atoms with Gasteiger partial charge in [0, 0.05) is 22.7 Å². The molecule has 5 N–H and O–H groups in total. The van der Waals surface area contributed by atoms with E-state index in [4.69, 9.17) is 5.73 Å². The van der Waals surface area contributed by atoms with Crippen LogP contribution in [0.25, 0.3) is 0 Å². The van der Waals surface area contributed by atoms with Crippen LogP contribution in [0.5, 0.6) is 0 Å². The first kappa shape index (κ1) is 18.6. The van der Waals surface area contributed by atoms with Crippen LogP contribution in [0.1, 0.15) is 24.5 Å². The van der Waals surface area contributed by atoms with Crippen LogP contribution in [0.4, 0.5) is 21.8 Å². The summed E-state index contributed by atoms with van der Waals surface area (Å²) < 4.78 is 14.5. The number of hydrogen-bond acceptors (Lipinski definition) is 7. The third-order valence-electron chi connectivity index (χ3n) is 6.32. The van der Waals surface area contributed by atoms with Crippen molar-refractivity contribution in [3.05, 3.63) is 41.8 Å². The molecular weight excluding hydrogens is 393 g/mol. The van der Waals surface area contributed by atoms with Gasteiger partial charge < -0.3 is 21.5 Å². The number of anilines is 3. The first-order chi connectivity index (χ1) is 14.0. The number of primary amides is 1. The van der Waals surface area contributed by atoms with Crippen molar-refractivity contribution in [2.24, 2.45) is 23.5 Å². The number of nitrogens with one attached hydrogen (secondary N) is 2. The minimum absolute atomic E-state index is 0.0725. The highest BCUT2D eigenvalue weighted by molar-refractivity contribution is 7.99. The van der Waals surface area contributed by atoms with Crippen molar-refractivity contribution in [1.29, 1.82) is 0 Å². The zero-order valence-corrected chi connectivity index (χ0v) is 16.4. The minimum atomic E-state index is -0.605. The highest BCUT2D eigenvalue weighted by atomic mass is 32.2. The summed E-state index contributed by atoms with van der Waals surface area (Å²) in [7, 11) is 0. The van der Waals surface area contributed by atoms with Gasteiger partial charge in [0.05, 0.1) is 18.2 Å². The van der Waals surface area contributed by atoms with Crippen molar-refractivity contribution in [2.45, 2.75) is 30.2 Å². The monoisotopic (exact) mass is 415 g/mol. The molecule has 2 aromatic rings. The molecule has 29 heavy (non-hydrogen) atoms. The predicted octanol–water partition coefficient (Wildman–Crippen LogP) is 2.43. The molecule has 9 heteroatoms. The van der Waals surface area contributed by atoms with Crippen LogP contribution in [0.2, 0.25) is 0 Å². The lowest BCUT2D eigenvalue weighted by Crippen LogP contribution is -2.46. The Morgan fingerprint density at radius 1 is 1.34 bits per heavy atom. The van der Waals surface area contributed by atoms with E-state index >= 15 is 0 Å². The molecule has 1 aromatic carbocycles. The molecule has 2 fully saturated rings. The van der Waals surface area contributed by atoms with E-state index in [0.717, 1.165) is 24.6 Å². The van der Waals surface area contributed by atoms with Crippen LogP contribution in [0.15, 0.2) is 30.5 Å². The maximum absolute atomic E-state index is 14.5. The summed E-state index contributed by atoms with van der Waals surface area (Å²) in [6.07, 6.45) is 2.26. The molecule has 6 atom stereocenters. The van der Waals surface area contributed by atoms with Gasteiger partial charge in [-0.2, -0.15) is 16.7 Å². The molecular formula is C20H22FN5O2S. The van der Waals surface area contributed by atoms with Gasteiger partial charge in [0.25, 0.3) is 0 Å². The van der Waals surface area contributed by atoms with Gasteiger partial charge in [-0.15, -0.1) is 0 Å². The molecule has 6 bridgehead atoms. The van der Waals surface area contributed by atoms with Crippen molar-refractivity contribution < 1.29 is 14.3 Å². The van der Waals surface area contributed by atoms with Gasteiger partial charge in [-0.1, -0.05) is 12.1 Å². The van der Waals surface area contributed by atoms with E-state index in [2.05, 4.69) is 20.6 Å². The predicted molar refractivity (Wildman–Crippen MR) is 109 cm³/mol. The Balaban J connectivity index is 1.56. The van der Waals surface area contributed by atoms with Crippen LogP contribution in [-0.2, 0) is 4.79 Å². The number of nitrogens with two attached hydrogens (primary N) is 1. The number of amides is 1. The molecule has 2 heterocycles. The number of halogens is 1. The van der Waals surface area contributed by atoms with Gasteiger partial charge >= 0.3 is 0 Å². The second-order valence-corrected chi connectivity index (χ2v) is 9.29. The molecule has 152 valence electrons. The molecule has 1 aromatic heterocycles. The van der Waals surface area contributed by atoms with Gasteiger partial charge in [-0.05, 0) is 42.4 Å². The number of nitrogens with zero attached hydrogens (tertiary/aromatic N) is 2. The highest BCUT2D eigenvalue weighted by Crippen LogP contribution is 2.54. The number of thioether (sulfide) groups is 1. The Bertz CT molecular complexity index is 960. The normalized spacial score (nSPS) is 32.8. The summed E-state index contributed by atoms with van der Waals surface area (Å²) in [5.74, 6) is -0.0807. The fourth-order valence-corrected chi connectivity index (χ4v) is 6.58. The second-order valence-electron chi connectivity index (χ2n) is 8.02. The van der Waals surface area contributed by atoms with Crippen molar-refractivity contribution in [2.75, 3.05) is 16.4 Å². The minimum Gasteiger partial charge on any atom is -0.388 e.